The van der Waals surface area contributed by atoms with Crippen LogP contribution in [0.15, 0.2) is 77.7 Å². The minimum absolute atomic E-state index is 0.0925. The summed E-state index contributed by atoms with van der Waals surface area (Å²) in [5.74, 6) is -0.351. The third kappa shape index (κ3) is 10.1. The number of rotatable bonds is 17. The van der Waals surface area contributed by atoms with E-state index in [9.17, 15) is 23.4 Å². The smallest absolute Gasteiger partial charge is 0.265 e. The van der Waals surface area contributed by atoms with Crippen LogP contribution in [0.4, 0.5) is 5.69 Å². The van der Waals surface area contributed by atoms with E-state index < -0.39 is 22.6 Å². The van der Waals surface area contributed by atoms with Gasteiger partial charge in [-0.3, -0.25) is 33.2 Å². The maximum absolute atomic E-state index is 14.2. The first-order valence-corrected chi connectivity index (χ1v) is 23.9. The monoisotopic (exact) mass is 921 g/mol. The van der Waals surface area contributed by atoms with Crippen LogP contribution < -0.4 is 4.90 Å². The van der Waals surface area contributed by atoms with Gasteiger partial charge in [0.2, 0.25) is 0 Å². The Balaban J connectivity index is 0.000000533. The molecule has 0 bridgehead atoms. The summed E-state index contributed by atoms with van der Waals surface area (Å²) in [5, 5.41) is 22.9. The molecule has 0 aliphatic carbocycles. The summed E-state index contributed by atoms with van der Waals surface area (Å²) in [6.07, 6.45) is 0.792. The molecule has 14 heteroatoms. The topological polar surface area (TPSA) is 163 Å². The van der Waals surface area contributed by atoms with Gasteiger partial charge in [0.1, 0.15) is 0 Å². The quantitative estimate of drug-likeness (QED) is 0.0519. The molecular formula is C52H63N3O10S. The number of imide groups is 2. The first-order chi connectivity index (χ1) is 31.6. The van der Waals surface area contributed by atoms with Crippen LogP contribution in [0, 0.1) is 11.8 Å². The number of aliphatic hydroxyl groups excluding tert-OH is 2. The number of hydrogen-bond acceptors (Lipinski definition) is 11. The number of carbonyl (C=O) groups is 4. The molecule has 13 nitrogen and oxygen atoms in total. The lowest BCUT2D eigenvalue weighted by Gasteiger charge is -2.34. The number of nitrogens with zero attached hydrogens (tertiary/aromatic N) is 3. The Hall–Kier alpha value is -5.19. The molecule has 3 unspecified atom stereocenters. The molecule has 66 heavy (non-hydrogen) atoms. The second kappa shape index (κ2) is 22.1. The van der Waals surface area contributed by atoms with Gasteiger partial charge in [-0.1, -0.05) is 52.0 Å². The Morgan fingerprint density at radius 1 is 0.576 bits per heavy atom. The molecule has 0 saturated carbocycles. The molecule has 8 rings (SSSR count). The van der Waals surface area contributed by atoms with E-state index in [0.29, 0.717) is 94.7 Å². The second-order valence-corrected chi connectivity index (χ2v) is 19.2. The van der Waals surface area contributed by atoms with Crippen LogP contribution in [0.1, 0.15) is 89.4 Å². The summed E-state index contributed by atoms with van der Waals surface area (Å²) in [6.45, 7) is 15.6. The molecule has 2 N–H and O–H groups in total. The fraction of sp³-hybridized carbons (Fsp3) is 0.423. The van der Waals surface area contributed by atoms with Crippen molar-refractivity contribution in [2.45, 2.75) is 65.0 Å². The van der Waals surface area contributed by atoms with Gasteiger partial charge in [-0.25, -0.2) is 4.90 Å². The van der Waals surface area contributed by atoms with Crippen molar-refractivity contribution in [2.24, 2.45) is 11.8 Å². The van der Waals surface area contributed by atoms with Crippen LogP contribution in [-0.2, 0) is 25.0 Å². The summed E-state index contributed by atoms with van der Waals surface area (Å²) >= 11 is 0. The Kier molecular flexibility index (Phi) is 16.8. The molecule has 0 aromatic heterocycles. The van der Waals surface area contributed by atoms with Gasteiger partial charge in [-0.2, -0.15) is 0 Å². The van der Waals surface area contributed by atoms with E-state index in [2.05, 4.69) is 23.5 Å². The first-order valence-electron chi connectivity index (χ1n) is 22.5. The number of benzene rings is 6. The molecular weight excluding hydrogens is 859 g/mol. The number of aliphatic hydroxyl groups is 2. The van der Waals surface area contributed by atoms with Crippen LogP contribution >= 0.6 is 0 Å². The molecule has 6 aromatic rings. The van der Waals surface area contributed by atoms with Gasteiger partial charge in [0, 0.05) is 90.7 Å². The van der Waals surface area contributed by atoms with Crippen molar-refractivity contribution in [2.75, 3.05) is 78.0 Å². The highest BCUT2D eigenvalue weighted by molar-refractivity contribution is 7.85. The Morgan fingerprint density at radius 3 is 1.33 bits per heavy atom. The normalized spacial score (nSPS) is 15.1. The van der Waals surface area contributed by atoms with E-state index >= 15 is 0 Å². The molecule has 4 amide bonds. The number of amides is 4. The van der Waals surface area contributed by atoms with Crippen molar-refractivity contribution < 1.29 is 47.8 Å². The lowest BCUT2D eigenvalue weighted by molar-refractivity contribution is 0.0512. The van der Waals surface area contributed by atoms with Gasteiger partial charge >= 0.3 is 0 Å². The number of fused-ring (bicyclic) bond motifs is 2. The summed E-state index contributed by atoms with van der Waals surface area (Å²) in [5.41, 5.74) is 2.19. The minimum atomic E-state index is -1.30. The van der Waals surface area contributed by atoms with E-state index in [4.69, 9.17) is 19.7 Å². The number of carbonyl (C=O) groups excluding carboxylic acids is 4. The highest BCUT2D eigenvalue weighted by Crippen LogP contribution is 2.47. The van der Waals surface area contributed by atoms with E-state index in [1.54, 1.807) is 69.9 Å². The molecule has 0 radical (unpaired) electrons. The Bertz CT molecular complexity index is 2600. The summed E-state index contributed by atoms with van der Waals surface area (Å²) in [6, 6.07) is 21.3. The Morgan fingerprint density at radius 2 is 1.00 bits per heavy atom. The third-order valence-electron chi connectivity index (χ3n) is 12.3. The predicted molar refractivity (Wildman–Crippen MR) is 262 cm³/mol. The molecule has 0 spiro atoms. The lowest BCUT2D eigenvalue weighted by Crippen LogP contribution is -2.47. The standard InChI is InChI=1S/C43H41N3O7S.C6H14O.C3H8O2/c1-24(2)25(3)45-40(47)32-14-10-28-30-12-16-34-39-35(17-13-31(37(30)39)29-11-15-33(41(45)48)38(32)36(28)29)43(50)46(42(34)49)26-6-8-27(9-7-26)54(51)23-20-44(18-21-52-4)19-22-53-5;1-5(2)4-6(3)7;1-5-3-2-4/h6-17,24-25H,18-23H2,1-5H3;5-7H,4H2,1-3H3;4H,2-3H2,1H3. The molecule has 2 heterocycles. The van der Waals surface area contributed by atoms with Gasteiger partial charge in [0.15, 0.2) is 0 Å². The SMILES string of the molecule is CC(C)CC(C)O.COCCN(CCOC)CCS(=O)c1ccc(N2C(=O)c3ccc4c5ccc6c7c(ccc(c8ccc(c3c48)C2=O)c75)C(=O)N(C(C)C(C)C)C6=O)cc1.COCCO. The molecule has 2 aliphatic heterocycles. The van der Waals surface area contributed by atoms with Crippen LogP contribution in [-0.4, -0.2) is 133 Å². The summed E-state index contributed by atoms with van der Waals surface area (Å²) in [7, 11) is 3.56. The average Bonchev–Trinajstić information content (AvgIpc) is 3.29. The number of hydrogen-bond donors (Lipinski definition) is 2. The molecule has 6 aromatic carbocycles. The zero-order chi connectivity index (χ0) is 48.0. The Labute approximate surface area is 389 Å². The van der Waals surface area contributed by atoms with Gasteiger partial charge in [-0.15, -0.1) is 0 Å². The largest absolute Gasteiger partial charge is 0.394 e. The van der Waals surface area contributed by atoms with E-state index in [1.807, 2.05) is 52.0 Å². The first kappa shape index (κ1) is 50.2. The predicted octanol–water partition coefficient (Wildman–Crippen LogP) is 7.92. The number of methoxy groups -OCH3 is 3. The fourth-order valence-electron chi connectivity index (χ4n) is 8.82. The van der Waals surface area contributed by atoms with Crippen molar-refractivity contribution in [3.63, 3.8) is 0 Å². The molecule has 3 atom stereocenters. The second-order valence-electron chi connectivity index (χ2n) is 17.6. The lowest BCUT2D eigenvalue weighted by atomic mass is 9.82. The van der Waals surface area contributed by atoms with Crippen molar-refractivity contribution in [3.05, 3.63) is 95.1 Å². The van der Waals surface area contributed by atoms with Crippen molar-refractivity contribution in [1.82, 2.24) is 9.80 Å². The van der Waals surface area contributed by atoms with Crippen LogP contribution in [0.5, 0.6) is 0 Å². The van der Waals surface area contributed by atoms with Gasteiger partial charge in [-0.05, 0) is 113 Å². The maximum Gasteiger partial charge on any atom is 0.265 e. The highest BCUT2D eigenvalue weighted by Gasteiger charge is 2.39. The average molecular weight is 922 g/mol. The van der Waals surface area contributed by atoms with Crippen molar-refractivity contribution in [1.29, 1.82) is 0 Å². The van der Waals surface area contributed by atoms with E-state index in [0.717, 1.165) is 38.7 Å². The van der Waals surface area contributed by atoms with Crippen molar-refractivity contribution >= 4 is 83.2 Å². The van der Waals surface area contributed by atoms with Gasteiger partial charge < -0.3 is 24.4 Å². The van der Waals surface area contributed by atoms with Crippen molar-refractivity contribution in [3.8, 4) is 0 Å². The molecule has 2 aliphatic rings. The molecule has 0 saturated heterocycles. The van der Waals surface area contributed by atoms with Crippen LogP contribution in [0.25, 0.3) is 43.1 Å². The third-order valence-corrected chi connectivity index (χ3v) is 13.7. The maximum atomic E-state index is 14.2. The fourth-order valence-corrected chi connectivity index (χ4v) is 9.92. The van der Waals surface area contributed by atoms with E-state index in [1.165, 1.54) is 9.80 Å². The van der Waals surface area contributed by atoms with Gasteiger partial charge in [0.05, 0.1) is 49.0 Å². The van der Waals surface area contributed by atoms with Crippen LogP contribution in [0.3, 0.4) is 0 Å². The summed E-state index contributed by atoms with van der Waals surface area (Å²) < 4.78 is 28.1. The minimum Gasteiger partial charge on any atom is -0.394 e. The summed E-state index contributed by atoms with van der Waals surface area (Å²) in [4.78, 5) is 61.5. The molecule has 352 valence electrons. The zero-order valence-electron chi connectivity index (χ0n) is 39.5. The van der Waals surface area contributed by atoms with E-state index in [-0.39, 0.29) is 36.5 Å². The zero-order valence-corrected chi connectivity index (χ0v) is 40.3. The number of ether oxygens (including phenoxy) is 3. The van der Waals surface area contributed by atoms with Crippen LogP contribution in [0.2, 0.25) is 0 Å². The number of anilines is 1. The highest BCUT2D eigenvalue weighted by atomic mass is 32.2. The molecule has 0 fully saturated rings. The van der Waals surface area contributed by atoms with Gasteiger partial charge in [0.25, 0.3) is 23.6 Å².